The second-order valence-corrected chi connectivity index (χ2v) is 10.6. The Labute approximate surface area is 372 Å². The summed E-state index contributed by atoms with van der Waals surface area (Å²) in [6, 6.07) is 14.6. The number of aliphatic hydroxyl groups excluding tert-OH is 1. The first-order chi connectivity index (χ1) is 14.0. The molecule has 34 heavy (non-hydrogen) atoms. The predicted octanol–water partition coefficient (Wildman–Crippen LogP) is -12.4. The van der Waals surface area contributed by atoms with Gasteiger partial charge in [-0.3, -0.25) is 4.90 Å². The van der Waals surface area contributed by atoms with E-state index in [1.54, 1.807) is 24.3 Å². The van der Waals surface area contributed by atoms with Gasteiger partial charge in [-0.15, -0.1) is 0 Å². The van der Waals surface area contributed by atoms with E-state index in [0.717, 1.165) is 22.3 Å². The van der Waals surface area contributed by atoms with Crippen LogP contribution in [0.1, 0.15) is 22.3 Å². The number of aliphatic hydroxyl groups is 1. The Kier molecular flexibility index (Phi) is 29.2. The second kappa shape index (κ2) is 22.8. The van der Waals surface area contributed by atoms with E-state index < -0.39 is 27.5 Å². The third kappa shape index (κ3) is 21.0. The third-order valence-corrected chi connectivity index (χ3v) is 6.17. The zero-order valence-electron chi connectivity index (χ0n) is 20.5. The molecular weight excluding hydrogens is 585 g/mol. The fourth-order valence-electron chi connectivity index (χ4n) is 3.03. The molecule has 14 heteroatoms. The van der Waals surface area contributed by atoms with Gasteiger partial charge in [-0.05, 0) is 47.4 Å². The van der Waals surface area contributed by atoms with Gasteiger partial charge in [-0.25, -0.2) is 0 Å². The first-order valence-electron chi connectivity index (χ1n) is 9.55. The van der Waals surface area contributed by atoms with Gasteiger partial charge >= 0.3 is 206 Å². The molecule has 0 unspecified atom stereocenters. The summed E-state index contributed by atoms with van der Waals surface area (Å²) in [5.74, 6) is 0. The fourth-order valence-corrected chi connectivity index (χ4v) is 4.09. The monoisotopic (exact) mass is 609 g/mol. The van der Waals surface area contributed by atoms with Crippen molar-refractivity contribution >= 4 is 15.2 Å². The topological polar surface area (TPSA) is 150 Å². The molecule has 2 aromatic carbocycles. The molecule has 0 amide bonds. The summed E-state index contributed by atoms with van der Waals surface area (Å²) in [6.45, 7) is 1.58. The number of aryl methyl sites for hydroxylation is 2. The van der Waals surface area contributed by atoms with E-state index in [-0.39, 0.29) is 225 Å². The summed E-state index contributed by atoms with van der Waals surface area (Å²) in [6.07, 6.45) is -0.433. The van der Waals surface area contributed by atoms with Crippen LogP contribution >= 0.6 is 15.2 Å². The fraction of sp³-hybridized carbons (Fsp3) is 0.400. The summed E-state index contributed by atoms with van der Waals surface area (Å²) >= 11 is 0. The molecule has 2 rings (SSSR count). The van der Waals surface area contributed by atoms with Crippen molar-refractivity contribution in [3.8, 4) is 0 Å². The number of benzene rings is 2. The van der Waals surface area contributed by atoms with E-state index in [4.69, 9.17) is 0 Å². The van der Waals surface area contributed by atoms with Crippen LogP contribution in [0.5, 0.6) is 0 Å². The van der Waals surface area contributed by atoms with Crippen molar-refractivity contribution in [2.75, 3.05) is 25.5 Å². The van der Waals surface area contributed by atoms with E-state index in [1.165, 1.54) is 0 Å². The third-order valence-electron chi connectivity index (χ3n) is 4.62. The maximum Gasteiger partial charge on any atom is 1.00 e. The molecule has 0 saturated carbocycles. The molecule has 0 bridgehead atoms. The average molecular weight is 610 g/mol. The number of rotatable bonds is 12. The van der Waals surface area contributed by atoms with E-state index in [2.05, 4.69) is 0 Å². The molecule has 2 aromatic rings. The van der Waals surface area contributed by atoms with Crippen LogP contribution in [0.4, 0.5) is 0 Å². The Morgan fingerprint density at radius 2 is 0.912 bits per heavy atom. The van der Waals surface area contributed by atoms with Crippen molar-refractivity contribution in [2.24, 2.45) is 0 Å². The van der Waals surface area contributed by atoms with Gasteiger partial charge in [0.05, 0.1) is 6.61 Å². The minimum Gasteiger partial charge on any atom is -0.811 e. The van der Waals surface area contributed by atoms with Crippen LogP contribution in [-0.4, -0.2) is 35.5 Å². The van der Waals surface area contributed by atoms with Gasteiger partial charge in [0.25, 0.3) is 0 Å². The molecular formula is C20H25K4NO7P2. The maximum atomic E-state index is 10.8. The SMILES string of the molecule is O=P([O-])([O-])CCc1ccc(CN(CCO)Cc2ccc(CCP(=O)([O-])[O-])cc2)cc1.[K+].[K+].[K+].[K+]. The zero-order chi connectivity index (χ0) is 22.2. The number of hydrogen-bond donors (Lipinski definition) is 1. The Bertz CT molecular complexity index is 821. The molecule has 0 spiro atoms. The Hall–Kier alpha value is 5.21. The quantitative estimate of drug-likeness (QED) is 0.184. The van der Waals surface area contributed by atoms with Crippen LogP contribution in [0.15, 0.2) is 48.5 Å². The van der Waals surface area contributed by atoms with Crippen LogP contribution < -0.4 is 225 Å². The minimum absolute atomic E-state index is 0. The van der Waals surface area contributed by atoms with Gasteiger partial charge in [-0.2, -0.15) is 0 Å². The second-order valence-electron chi connectivity index (χ2n) is 7.24. The number of nitrogens with zero attached hydrogens (tertiary/aromatic N) is 1. The summed E-state index contributed by atoms with van der Waals surface area (Å²) in [5, 5.41) is 9.36. The molecule has 0 aromatic heterocycles. The van der Waals surface area contributed by atoms with Crippen molar-refractivity contribution in [1.82, 2.24) is 4.90 Å². The standard InChI is InChI=1S/C20H29NO7P2.4K/c22-12-11-21(15-19-5-1-17(2-6-19)9-13-29(23,24)25)16-20-7-3-18(4-8-20)10-14-30(26,27)28;;;;/h1-8,22H,9-16H2,(H2,23,24,25)(H2,26,27,28);;;;/q;4*+1/p-4. The Morgan fingerprint density at radius 3 is 1.18 bits per heavy atom. The largest absolute Gasteiger partial charge is 1.00 e. The molecule has 0 fully saturated rings. The molecule has 0 atom stereocenters. The van der Waals surface area contributed by atoms with Crippen molar-refractivity contribution in [3.05, 3.63) is 70.8 Å². The van der Waals surface area contributed by atoms with Gasteiger partial charge in [0.1, 0.15) is 0 Å². The zero-order valence-corrected chi connectivity index (χ0v) is 34.8. The van der Waals surface area contributed by atoms with Crippen molar-refractivity contribution in [3.63, 3.8) is 0 Å². The van der Waals surface area contributed by atoms with E-state index in [1.807, 2.05) is 29.2 Å². The van der Waals surface area contributed by atoms with E-state index in [0.29, 0.717) is 19.6 Å². The summed E-state index contributed by atoms with van der Waals surface area (Å²) in [4.78, 5) is 45.1. The van der Waals surface area contributed by atoms with E-state index in [9.17, 15) is 33.8 Å². The van der Waals surface area contributed by atoms with Gasteiger partial charge in [0.15, 0.2) is 0 Å². The van der Waals surface area contributed by atoms with E-state index >= 15 is 0 Å². The first kappa shape index (κ1) is 43.7. The van der Waals surface area contributed by atoms with Gasteiger partial charge in [-0.1, -0.05) is 63.7 Å². The van der Waals surface area contributed by atoms with Gasteiger partial charge < -0.3 is 33.8 Å². The molecule has 8 nitrogen and oxygen atoms in total. The molecule has 0 aliphatic heterocycles. The maximum absolute atomic E-state index is 10.8. The summed E-state index contributed by atoms with van der Waals surface area (Å²) < 4.78 is 21.5. The number of hydrogen-bond acceptors (Lipinski definition) is 8. The average Bonchev–Trinajstić information content (AvgIpc) is 2.66. The van der Waals surface area contributed by atoms with Crippen molar-refractivity contribution < 1.29 is 239 Å². The van der Waals surface area contributed by atoms with Crippen LogP contribution in [0, 0.1) is 0 Å². The van der Waals surface area contributed by atoms with Crippen LogP contribution in [-0.2, 0) is 35.1 Å². The van der Waals surface area contributed by atoms with Crippen LogP contribution in [0.3, 0.4) is 0 Å². The summed E-state index contributed by atoms with van der Waals surface area (Å²) in [7, 11) is -9.02. The van der Waals surface area contributed by atoms with Crippen molar-refractivity contribution in [1.29, 1.82) is 0 Å². The molecule has 166 valence electrons. The summed E-state index contributed by atoms with van der Waals surface area (Å²) in [5.41, 5.74) is 3.52. The van der Waals surface area contributed by atoms with Gasteiger partial charge in [0.2, 0.25) is 0 Å². The Morgan fingerprint density at radius 1 is 0.618 bits per heavy atom. The molecule has 1 N–H and O–H groups in total. The predicted molar refractivity (Wildman–Crippen MR) is 106 cm³/mol. The minimum atomic E-state index is -4.51. The van der Waals surface area contributed by atoms with Crippen LogP contribution in [0.2, 0.25) is 0 Å². The smallest absolute Gasteiger partial charge is 0.811 e. The Balaban J connectivity index is -0.00000240. The van der Waals surface area contributed by atoms with Gasteiger partial charge in [0, 0.05) is 19.6 Å². The molecule has 0 radical (unpaired) electrons. The van der Waals surface area contributed by atoms with Crippen molar-refractivity contribution in [2.45, 2.75) is 25.9 Å². The molecule has 0 aliphatic carbocycles. The molecule has 0 heterocycles. The normalized spacial score (nSPS) is 11.0. The van der Waals surface area contributed by atoms with Crippen LogP contribution in [0.25, 0.3) is 0 Å². The molecule has 0 aliphatic rings. The first-order valence-corrected chi connectivity index (χ1v) is 13.0. The molecule has 0 saturated heterocycles.